The molecule has 2 heterocycles. The monoisotopic (exact) mass is 354 g/mol. The van der Waals surface area contributed by atoms with Crippen molar-refractivity contribution in [3.05, 3.63) is 90.0 Å². The summed E-state index contributed by atoms with van der Waals surface area (Å²) >= 11 is 0. The van der Waals surface area contributed by atoms with E-state index in [1.54, 1.807) is 36.7 Å². The van der Waals surface area contributed by atoms with E-state index in [4.69, 9.17) is 0 Å². The lowest BCUT2D eigenvalue weighted by atomic mass is 10.3. The molecule has 26 heavy (non-hydrogen) atoms. The Kier molecular flexibility index (Phi) is 5.48. The molecular formula is C19H16F2N4O. The van der Waals surface area contributed by atoms with Gasteiger partial charge in [0, 0.05) is 24.1 Å². The number of hydrogen-bond acceptors (Lipinski definition) is 3. The number of urea groups is 1. The van der Waals surface area contributed by atoms with Gasteiger partial charge in [0.25, 0.3) is 0 Å². The number of carbonyl (C=O) groups excluding carboxylic acids is 1. The summed E-state index contributed by atoms with van der Waals surface area (Å²) in [6.45, 7) is 0.486. The van der Waals surface area contributed by atoms with Gasteiger partial charge in [-0.15, -0.1) is 0 Å². The molecule has 0 aliphatic carbocycles. The third-order valence-corrected chi connectivity index (χ3v) is 3.62. The quantitative estimate of drug-likeness (QED) is 0.754. The zero-order valence-electron chi connectivity index (χ0n) is 13.8. The summed E-state index contributed by atoms with van der Waals surface area (Å²) in [4.78, 5) is 22.6. The Labute approximate surface area is 149 Å². The highest BCUT2D eigenvalue weighted by molar-refractivity contribution is 5.89. The molecule has 1 N–H and O–H groups in total. The minimum Gasteiger partial charge on any atom is -0.313 e. The topological polar surface area (TPSA) is 58.1 Å². The molecule has 0 unspecified atom stereocenters. The van der Waals surface area contributed by atoms with E-state index in [1.165, 1.54) is 11.0 Å². The Morgan fingerprint density at radius 3 is 2.00 bits per heavy atom. The van der Waals surface area contributed by atoms with Gasteiger partial charge in [0.2, 0.25) is 0 Å². The summed E-state index contributed by atoms with van der Waals surface area (Å²) in [5.41, 5.74) is 1.56. The van der Waals surface area contributed by atoms with Gasteiger partial charge in [-0.1, -0.05) is 12.1 Å². The van der Waals surface area contributed by atoms with Crippen LogP contribution < -0.4 is 5.32 Å². The van der Waals surface area contributed by atoms with E-state index >= 15 is 0 Å². The molecule has 132 valence electrons. The zero-order valence-corrected chi connectivity index (χ0v) is 13.8. The third kappa shape index (κ3) is 4.60. The minimum atomic E-state index is -1.02. The predicted molar refractivity (Wildman–Crippen MR) is 93.1 cm³/mol. The van der Waals surface area contributed by atoms with Crippen LogP contribution in [0.25, 0.3) is 0 Å². The second kappa shape index (κ2) is 8.15. The summed E-state index contributed by atoms with van der Waals surface area (Å²) in [5, 5.41) is 2.58. The van der Waals surface area contributed by atoms with Gasteiger partial charge in [0.05, 0.1) is 24.5 Å². The Bertz CT molecular complexity index is 834. The van der Waals surface area contributed by atoms with Gasteiger partial charge < -0.3 is 10.2 Å². The van der Waals surface area contributed by atoms with Gasteiger partial charge in [-0.2, -0.15) is 0 Å². The van der Waals surface area contributed by atoms with Crippen molar-refractivity contribution in [2.24, 2.45) is 0 Å². The molecule has 7 heteroatoms. The van der Waals surface area contributed by atoms with Crippen LogP contribution in [0, 0.1) is 11.6 Å². The molecule has 0 radical (unpaired) electrons. The zero-order chi connectivity index (χ0) is 18.4. The van der Waals surface area contributed by atoms with Crippen LogP contribution in [0.15, 0.2) is 67.0 Å². The summed E-state index contributed by atoms with van der Waals surface area (Å²) in [5.74, 6) is -1.99. The van der Waals surface area contributed by atoms with Crippen molar-refractivity contribution in [1.29, 1.82) is 0 Å². The second-order valence-electron chi connectivity index (χ2n) is 5.56. The van der Waals surface area contributed by atoms with Crippen LogP contribution in [0.5, 0.6) is 0 Å². The van der Waals surface area contributed by atoms with Crippen LogP contribution >= 0.6 is 0 Å². The van der Waals surface area contributed by atoms with E-state index in [1.807, 2.05) is 12.1 Å². The fourth-order valence-electron chi connectivity index (χ4n) is 2.35. The second-order valence-corrected chi connectivity index (χ2v) is 5.56. The van der Waals surface area contributed by atoms with Crippen molar-refractivity contribution in [2.45, 2.75) is 13.1 Å². The molecule has 0 fully saturated rings. The SMILES string of the molecule is O=C(Nc1ccc(F)c(F)c1)N(Cc1ccccn1)Cc1ccccn1. The molecule has 5 nitrogen and oxygen atoms in total. The van der Waals surface area contributed by atoms with Gasteiger partial charge in [0.15, 0.2) is 11.6 Å². The van der Waals surface area contributed by atoms with Crippen molar-refractivity contribution in [1.82, 2.24) is 14.9 Å². The van der Waals surface area contributed by atoms with E-state index in [0.29, 0.717) is 11.4 Å². The number of pyridine rings is 2. The minimum absolute atomic E-state index is 0.168. The first kappa shape index (κ1) is 17.5. The first-order valence-electron chi connectivity index (χ1n) is 7.92. The summed E-state index contributed by atoms with van der Waals surface area (Å²) in [6, 6.07) is 13.6. The van der Waals surface area contributed by atoms with E-state index < -0.39 is 17.7 Å². The lowest BCUT2D eigenvalue weighted by Gasteiger charge is -2.22. The molecule has 0 bridgehead atoms. The van der Waals surface area contributed by atoms with Gasteiger partial charge in [-0.25, -0.2) is 13.6 Å². The summed E-state index contributed by atoms with van der Waals surface area (Å²) < 4.78 is 26.4. The number of benzene rings is 1. The molecule has 3 aromatic rings. The van der Waals surface area contributed by atoms with Crippen LogP contribution in [-0.4, -0.2) is 20.9 Å². The molecule has 0 spiro atoms. The summed E-state index contributed by atoms with van der Waals surface area (Å²) in [6.07, 6.45) is 3.28. The average molecular weight is 354 g/mol. The predicted octanol–water partition coefficient (Wildman–Crippen LogP) is 3.99. The molecule has 2 aromatic heterocycles. The first-order valence-corrected chi connectivity index (χ1v) is 7.92. The highest BCUT2D eigenvalue weighted by Gasteiger charge is 2.16. The molecule has 0 aliphatic rings. The van der Waals surface area contributed by atoms with Crippen molar-refractivity contribution in [2.75, 3.05) is 5.32 Å². The van der Waals surface area contributed by atoms with Crippen LogP contribution in [-0.2, 0) is 13.1 Å². The third-order valence-electron chi connectivity index (χ3n) is 3.62. The maximum absolute atomic E-state index is 13.4. The fourth-order valence-corrected chi connectivity index (χ4v) is 2.35. The van der Waals surface area contributed by atoms with E-state index in [2.05, 4.69) is 15.3 Å². The number of hydrogen-bond donors (Lipinski definition) is 1. The van der Waals surface area contributed by atoms with Crippen LogP contribution in [0.1, 0.15) is 11.4 Å². The van der Waals surface area contributed by atoms with Gasteiger partial charge in [0.1, 0.15) is 0 Å². The van der Waals surface area contributed by atoms with E-state index in [9.17, 15) is 13.6 Å². The molecule has 2 amide bonds. The maximum atomic E-state index is 13.4. The highest BCUT2D eigenvalue weighted by Crippen LogP contribution is 2.15. The molecule has 0 saturated heterocycles. The van der Waals surface area contributed by atoms with E-state index in [-0.39, 0.29) is 18.8 Å². The Morgan fingerprint density at radius 1 is 0.885 bits per heavy atom. The molecule has 3 rings (SSSR count). The number of anilines is 1. The molecule has 1 aromatic carbocycles. The van der Waals surface area contributed by atoms with Crippen molar-refractivity contribution >= 4 is 11.7 Å². The number of nitrogens with one attached hydrogen (secondary N) is 1. The Morgan fingerprint density at radius 2 is 1.50 bits per heavy atom. The van der Waals surface area contributed by atoms with Gasteiger partial charge in [-0.05, 0) is 36.4 Å². The smallest absolute Gasteiger partial charge is 0.313 e. The number of rotatable bonds is 5. The highest BCUT2D eigenvalue weighted by atomic mass is 19.2. The molecule has 0 aliphatic heterocycles. The molecular weight excluding hydrogens is 338 g/mol. The van der Waals surface area contributed by atoms with Gasteiger partial charge in [-0.3, -0.25) is 9.97 Å². The lowest BCUT2D eigenvalue weighted by Crippen LogP contribution is -2.34. The number of halogens is 2. The van der Waals surface area contributed by atoms with Crippen molar-refractivity contribution in [3.63, 3.8) is 0 Å². The van der Waals surface area contributed by atoms with Crippen LogP contribution in [0.4, 0.5) is 19.3 Å². The number of amides is 2. The number of nitrogens with zero attached hydrogens (tertiary/aromatic N) is 3. The van der Waals surface area contributed by atoms with E-state index in [0.717, 1.165) is 12.1 Å². The maximum Gasteiger partial charge on any atom is 0.322 e. The number of carbonyl (C=O) groups is 1. The Balaban J connectivity index is 1.78. The lowest BCUT2D eigenvalue weighted by molar-refractivity contribution is 0.205. The largest absolute Gasteiger partial charge is 0.322 e. The fraction of sp³-hybridized carbons (Fsp3) is 0.105. The first-order chi connectivity index (χ1) is 12.6. The molecule has 0 saturated carbocycles. The van der Waals surface area contributed by atoms with Crippen LogP contribution in [0.2, 0.25) is 0 Å². The number of aromatic nitrogens is 2. The standard InChI is InChI=1S/C19H16F2N4O/c20-17-8-7-14(11-18(17)21)24-19(26)25(12-15-5-1-3-9-22-15)13-16-6-2-4-10-23-16/h1-11H,12-13H2,(H,24,26). The van der Waals surface area contributed by atoms with Gasteiger partial charge >= 0.3 is 6.03 Å². The average Bonchev–Trinajstić information content (AvgIpc) is 2.66. The Hall–Kier alpha value is -3.35. The van der Waals surface area contributed by atoms with Crippen molar-refractivity contribution < 1.29 is 13.6 Å². The molecule has 0 atom stereocenters. The summed E-state index contributed by atoms with van der Waals surface area (Å²) in [7, 11) is 0. The van der Waals surface area contributed by atoms with Crippen LogP contribution in [0.3, 0.4) is 0 Å². The van der Waals surface area contributed by atoms with Crippen molar-refractivity contribution in [3.8, 4) is 0 Å². The normalized spacial score (nSPS) is 10.4.